The third kappa shape index (κ3) is 5.24. The predicted octanol–water partition coefficient (Wildman–Crippen LogP) is 0.0398. The summed E-state index contributed by atoms with van der Waals surface area (Å²) in [6, 6.07) is 10.2. The van der Waals surface area contributed by atoms with E-state index in [1.165, 1.54) is 36.5 Å². The molecule has 5 rings (SSSR count). The maximum Gasteiger partial charge on any atom is 0.335 e. The van der Waals surface area contributed by atoms with Gasteiger partial charge in [0.05, 0.1) is 17.4 Å². The smallest absolute Gasteiger partial charge is 0.335 e. The van der Waals surface area contributed by atoms with Crippen molar-refractivity contribution in [2.24, 2.45) is 5.73 Å². The second-order valence-electron chi connectivity index (χ2n) is 8.62. The molecular formula is C25H20N8O7. The Morgan fingerprint density at radius 3 is 2.60 bits per heavy atom. The van der Waals surface area contributed by atoms with Crippen molar-refractivity contribution in [2.75, 3.05) is 11.9 Å². The lowest BCUT2D eigenvalue weighted by Crippen LogP contribution is -2.38. The number of ether oxygens (including phenoxy) is 1. The second-order valence-corrected chi connectivity index (χ2v) is 8.62. The van der Waals surface area contributed by atoms with Crippen LogP contribution in [0.1, 0.15) is 48.5 Å². The molecule has 4 amide bonds. The quantitative estimate of drug-likeness (QED) is 0.200. The summed E-state index contributed by atoms with van der Waals surface area (Å²) in [4.78, 5) is 65.2. The third-order valence-corrected chi connectivity index (χ3v) is 5.91. The number of aromatic carboxylic acids is 1. The van der Waals surface area contributed by atoms with E-state index in [9.17, 15) is 24.0 Å². The lowest BCUT2D eigenvalue weighted by Gasteiger charge is -2.18. The monoisotopic (exact) mass is 544 g/mol. The maximum atomic E-state index is 13.1. The van der Waals surface area contributed by atoms with Crippen molar-refractivity contribution in [1.82, 2.24) is 30.4 Å². The number of fused-ring (bicyclic) bond motifs is 2. The maximum absolute atomic E-state index is 13.1. The predicted molar refractivity (Wildman–Crippen MR) is 135 cm³/mol. The van der Waals surface area contributed by atoms with Crippen molar-refractivity contribution < 1.29 is 33.8 Å². The molecule has 2 aromatic carbocycles. The molecular weight excluding hydrogens is 524 g/mol. The van der Waals surface area contributed by atoms with Gasteiger partial charge >= 0.3 is 5.97 Å². The number of carbonyl (C=O) groups excluding carboxylic acids is 4. The number of aromatic nitrogens is 4. The number of hydrogen-bond acceptors (Lipinski definition) is 9. The van der Waals surface area contributed by atoms with Crippen molar-refractivity contribution in [2.45, 2.75) is 12.6 Å². The summed E-state index contributed by atoms with van der Waals surface area (Å²) in [5.74, 6) is -3.27. The van der Waals surface area contributed by atoms with Crippen LogP contribution >= 0.6 is 0 Å². The molecule has 3 heterocycles. The standard InChI is InChI=1S/C25H20N8O7/c26-22(35)21(13-2-4-14(5-3-13)25(38)39)31-23(36)16-8-17(33-19(29-16)10-28-32-33)24(37)27-9-12-1-6-18-15(7-12)30-20(34)11-40-18/h1-8,10,21H,9,11H2,(H2,26,35)(H,27,37)(H,30,34)(H,31,36)(H,38,39)/t21-/m1/s1. The summed E-state index contributed by atoms with van der Waals surface area (Å²) in [6.07, 6.45) is 1.25. The molecule has 4 aromatic rings. The van der Waals surface area contributed by atoms with E-state index in [4.69, 9.17) is 15.6 Å². The van der Waals surface area contributed by atoms with Crippen molar-refractivity contribution >= 4 is 40.9 Å². The molecule has 0 bridgehead atoms. The summed E-state index contributed by atoms with van der Waals surface area (Å²) < 4.78 is 6.47. The highest BCUT2D eigenvalue weighted by Gasteiger charge is 2.24. The van der Waals surface area contributed by atoms with E-state index in [1.807, 2.05) is 0 Å². The SMILES string of the molecule is NC(=O)[C@H](NC(=O)c1cc(C(=O)NCc2ccc3c(c2)NC(=O)CO3)n2nncc2n1)c1ccc(C(=O)O)cc1. The van der Waals surface area contributed by atoms with Crippen LogP contribution in [0.5, 0.6) is 5.75 Å². The van der Waals surface area contributed by atoms with Crippen LogP contribution in [0.3, 0.4) is 0 Å². The largest absolute Gasteiger partial charge is 0.482 e. The van der Waals surface area contributed by atoms with Crippen LogP contribution in [0.2, 0.25) is 0 Å². The van der Waals surface area contributed by atoms with E-state index in [2.05, 4.69) is 31.2 Å². The van der Waals surface area contributed by atoms with Gasteiger partial charge < -0.3 is 31.5 Å². The minimum atomic E-state index is -1.30. The number of nitrogens with one attached hydrogen (secondary N) is 3. The first kappa shape index (κ1) is 25.8. The van der Waals surface area contributed by atoms with Gasteiger partial charge in [-0.2, -0.15) is 4.52 Å². The highest BCUT2D eigenvalue weighted by Crippen LogP contribution is 2.28. The van der Waals surface area contributed by atoms with Crippen LogP contribution in [-0.4, -0.2) is 61.1 Å². The Bertz CT molecular complexity index is 1680. The van der Waals surface area contributed by atoms with Gasteiger partial charge in [-0.1, -0.05) is 23.4 Å². The zero-order valence-electron chi connectivity index (χ0n) is 20.5. The highest BCUT2D eigenvalue weighted by atomic mass is 16.5. The van der Waals surface area contributed by atoms with Gasteiger partial charge in [0, 0.05) is 12.6 Å². The Balaban J connectivity index is 1.35. The first-order valence-corrected chi connectivity index (χ1v) is 11.7. The van der Waals surface area contributed by atoms with Gasteiger partial charge in [-0.15, -0.1) is 5.10 Å². The summed E-state index contributed by atoms with van der Waals surface area (Å²) in [5.41, 5.74) is 6.67. The van der Waals surface area contributed by atoms with E-state index < -0.39 is 29.7 Å². The topological polar surface area (TPSA) is 220 Å². The molecule has 0 unspecified atom stereocenters. The molecule has 6 N–H and O–H groups in total. The average molecular weight is 544 g/mol. The molecule has 1 aliphatic rings. The lowest BCUT2D eigenvalue weighted by molar-refractivity contribution is -0.120. The molecule has 15 nitrogen and oxygen atoms in total. The molecule has 0 saturated heterocycles. The summed E-state index contributed by atoms with van der Waals surface area (Å²) in [7, 11) is 0. The molecule has 2 aromatic heterocycles. The van der Waals surface area contributed by atoms with Gasteiger partial charge in [0.25, 0.3) is 17.7 Å². The van der Waals surface area contributed by atoms with Crippen molar-refractivity contribution in [3.63, 3.8) is 0 Å². The number of nitrogens with two attached hydrogens (primary N) is 1. The summed E-state index contributed by atoms with van der Waals surface area (Å²) >= 11 is 0. The van der Waals surface area contributed by atoms with E-state index in [1.54, 1.807) is 18.2 Å². The molecule has 202 valence electrons. The fraction of sp³-hybridized carbons (Fsp3) is 0.120. The average Bonchev–Trinajstić information content (AvgIpc) is 3.42. The fourth-order valence-electron chi connectivity index (χ4n) is 3.96. The number of hydrogen-bond donors (Lipinski definition) is 5. The van der Waals surface area contributed by atoms with Gasteiger partial charge in [0.1, 0.15) is 23.2 Å². The Kier molecular flexibility index (Phi) is 6.76. The number of primary amides is 1. The number of carboxylic acids is 1. The number of amides is 4. The fourth-order valence-corrected chi connectivity index (χ4v) is 3.96. The van der Waals surface area contributed by atoms with Crippen LogP contribution < -0.4 is 26.4 Å². The molecule has 40 heavy (non-hydrogen) atoms. The number of rotatable bonds is 8. The van der Waals surface area contributed by atoms with E-state index in [0.717, 1.165) is 4.52 Å². The zero-order chi connectivity index (χ0) is 28.4. The number of nitrogens with zero attached hydrogens (tertiary/aromatic N) is 4. The van der Waals surface area contributed by atoms with Crippen molar-refractivity contribution in [3.8, 4) is 5.75 Å². The first-order valence-electron chi connectivity index (χ1n) is 11.7. The Labute approximate surface area is 224 Å². The highest BCUT2D eigenvalue weighted by molar-refractivity contribution is 6.00. The van der Waals surface area contributed by atoms with Gasteiger partial charge in [0.15, 0.2) is 12.3 Å². The number of carboxylic acid groups (broad SMARTS) is 1. The van der Waals surface area contributed by atoms with E-state index in [0.29, 0.717) is 17.0 Å². The van der Waals surface area contributed by atoms with Crippen LogP contribution in [-0.2, 0) is 16.1 Å². The van der Waals surface area contributed by atoms with Crippen LogP contribution in [0, 0.1) is 0 Å². The molecule has 1 aliphatic heterocycles. The third-order valence-electron chi connectivity index (χ3n) is 5.91. The summed E-state index contributed by atoms with van der Waals surface area (Å²) in [6.45, 7) is -0.00968. The minimum absolute atomic E-state index is 0.0113. The Morgan fingerprint density at radius 2 is 1.88 bits per heavy atom. The zero-order valence-corrected chi connectivity index (χ0v) is 20.5. The minimum Gasteiger partial charge on any atom is -0.482 e. The normalized spacial score (nSPS) is 12.9. The van der Waals surface area contributed by atoms with Crippen LogP contribution in [0.4, 0.5) is 5.69 Å². The molecule has 15 heteroatoms. The molecule has 1 atom stereocenters. The first-order chi connectivity index (χ1) is 19.2. The number of anilines is 1. The molecule has 0 spiro atoms. The van der Waals surface area contributed by atoms with Crippen molar-refractivity contribution in [3.05, 3.63) is 82.8 Å². The number of carbonyl (C=O) groups is 5. The van der Waals surface area contributed by atoms with Gasteiger partial charge in [0.2, 0.25) is 5.91 Å². The van der Waals surface area contributed by atoms with Crippen LogP contribution in [0.25, 0.3) is 5.65 Å². The lowest BCUT2D eigenvalue weighted by atomic mass is 10.0. The number of benzene rings is 2. The Morgan fingerprint density at radius 1 is 1.10 bits per heavy atom. The molecule has 0 saturated carbocycles. The van der Waals surface area contributed by atoms with Crippen molar-refractivity contribution in [1.29, 1.82) is 0 Å². The van der Waals surface area contributed by atoms with Gasteiger partial charge in [-0.3, -0.25) is 19.2 Å². The Hall–Kier alpha value is -5.86. The van der Waals surface area contributed by atoms with Gasteiger partial charge in [-0.05, 0) is 35.4 Å². The van der Waals surface area contributed by atoms with E-state index in [-0.39, 0.29) is 47.2 Å². The molecule has 0 aliphatic carbocycles. The molecule has 0 radical (unpaired) electrons. The van der Waals surface area contributed by atoms with E-state index >= 15 is 0 Å². The van der Waals surface area contributed by atoms with Gasteiger partial charge in [-0.25, -0.2) is 9.78 Å². The van der Waals surface area contributed by atoms with Crippen LogP contribution in [0.15, 0.2) is 54.7 Å². The summed E-state index contributed by atoms with van der Waals surface area (Å²) in [5, 5.41) is 24.5. The second kappa shape index (κ2) is 10.5. The molecule has 0 fully saturated rings.